The van der Waals surface area contributed by atoms with Gasteiger partial charge in [0, 0.05) is 0 Å². The third-order valence-corrected chi connectivity index (χ3v) is 2.23. The molecule has 1 aromatic heterocycles. The maximum atomic E-state index is 12.3. The number of rotatable bonds is 3. The van der Waals surface area contributed by atoms with E-state index in [2.05, 4.69) is 16.5 Å². The van der Waals surface area contributed by atoms with Gasteiger partial charge in [0.2, 0.25) is 5.82 Å². The Morgan fingerprint density at radius 1 is 1.00 bits per heavy atom. The first-order valence-corrected chi connectivity index (χ1v) is 5.28. The Kier molecular flexibility index (Phi) is 3.50. The van der Waals surface area contributed by atoms with Crippen LogP contribution in [0.1, 0.15) is 11.4 Å². The lowest BCUT2D eigenvalue weighted by molar-refractivity contribution is -0.145. The van der Waals surface area contributed by atoms with Crippen molar-refractivity contribution in [1.29, 1.82) is 0 Å². The minimum Gasteiger partial charge on any atom is -0.454 e. The van der Waals surface area contributed by atoms with Crippen molar-refractivity contribution in [3.63, 3.8) is 0 Å². The second kappa shape index (κ2) is 5.09. The van der Waals surface area contributed by atoms with Gasteiger partial charge >= 0.3 is 6.18 Å². The van der Waals surface area contributed by atoms with Gasteiger partial charge in [-0.1, -0.05) is 24.8 Å². The van der Waals surface area contributed by atoms with E-state index < -0.39 is 12.0 Å². The summed E-state index contributed by atoms with van der Waals surface area (Å²) in [4.78, 5) is 6.41. The lowest BCUT2D eigenvalue weighted by Crippen LogP contribution is -2.10. The van der Waals surface area contributed by atoms with Crippen molar-refractivity contribution in [1.82, 2.24) is 9.97 Å². The first kappa shape index (κ1) is 13.1. The highest BCUT2D eigenvalue weighted by atomic mass is 19.4. The molecule has 6 heteroatoms. The fourth-order valence-corrected chi connectivity index (χ4v) is 1.32. The molecule has 0 aliphatic carbocycles. The first-order valence-electron chi connectivity index (χ1n) is 5.28. The molecule has 1 aromatic carbocycles. The van der Waals surface area contributed by atoms with Gasteiger partial charge in [0.1, 0.15) is 5.75 Å². The molecule has 0 aliphatic heterocycles. The van der Waals surface area contributed by atoms with E-state index >= 15 is 0 Å². The summed E-state index contributed by atoms with van der Waals surface area (Å²) in [5.74, 6) is -0.574. The third kappa shape index (κ3) is 3.31. The van der Waals surface area contributed by atoms with Gasteiger partial charge in [0.15, 0.2) is 5.75 Å². The molecule has 0 radical (unpaired) electrons. The minimum absolute atomic E-state index is 0.138. The van der Waals surface area contributed by atoms with Crippen LogP contribution < -0.4 is 4.74 Å². The molecule has 0 bridgehead atoms. The predicted molar refractivity (Wildman–Crippen MR) is 63.6 cm³/mol. The van der Waals surface area contributed by atoms with Gasteiger partial charge in [-0.2, -0.15) is 13.2 Å². The summed E-state index contributed by atoms with van der Waals surface area (Å²) in [5.41, 5.74) is 0.913. The molecule has 3 nitrogen and oxygen atoms in total. The third-order valence-electron chi connectivity index (χ3n) is 2.23. The largest absolute Gasteiger partial charge is 0.454 e. The zero-order chi connectivity index (χ0) is 13.9. The second-order valence-electron chi connectivity index (χ2n) is 3.62. The molecule has 0 amide bonds. The summed E-state index contributed by atoms with van der Waals surface area (Å²) in [6, 6.07) is 6.89. The van der Waals surface area contributed by atoms with Gasteiger partial charge < -0.3 is 4.74 Å². The minimum atomic E-state index is -4.55. The standard InChI is InChI=1S/C13H9F3N2O/c1-2-9-3-5-10(6-4-9)19-11-7-17-12(18-8-11)13(14,15)16/h2-8H,1H2. The molecule has 2 aromatic rings. The number of hydrogen-bond acceptors (Lipinski definition) is 3. The molecule has 19 heavy (non-hydrogen) atoms. The molecule has 0 fully saturated rings. The van der Waals surface area contributed by atoms with E-state index in [1.807, 2.05) is 0 Å². The molecule has 0 atom stereocenters. The van der Waals surface area contributed by atoms with E-state index in [0.29, 0.717) is 5.75 Å². The van der Waals surface area contributed by atoms with Gasteiger partial charge in [-0.3, -0.25) is 0 Å². The lowest BCUT2D eigenvalue weighted by Gasteiger charge is -2.07. The van der Waals surface area contributed by atoms with E-state index in [0.717, 1.165) is 18.0 Å². The second-order valence-corrected chi connectivity index (χ2v) is 3.62. The Morgan fingerprint density at radius 3 is 2.05 bits per heavy atom. The smallest absolute Gasteiger partial charge is 0.451 e. The summed E-state index contributed by atoms with van der Waals surface area (Å²) in [6.07, 6.45) is -0.913. The van der Waals surface area contributed by atoms with Crippen LogP contribution in [0, 0.1) is 0 Å². The number of hydrogen-bond donors (Lipinski definition) is 0. The summed E-state index contributed by atoms with van der Waals surface area (Å²) in [7, 11) is 0. The average Bonchev–Trinajstić information content (AvgIpc) is 2.39. The highest BCUT2D eigenvalue weighted by Crippen LogP contribution is 2.27. The van der Waals surface area contributed by atoms with Crippen molar-refractivity contribution in [2.24, 2.45) is 0 Å². The summed E-state index contributed by atoms with van der Waals surface area (Å²) < 4.78 is 42.1. The zero-order valence-corrected chi connectivity index (χ0v) is 9.69. The summed E-state index contributed by atoms with van der Waals surface area (Å²) in [6.45, 7) is 3.61. The Morgan fingerprint density at radius 2 is 1.58 bits per heavy atom. The van der Waals surface area contributed by atoms with Crippen LogP contribution in [0.15, 0.2) is 43.2 Å². The zero-order valence-electron chi connectivity index (χ0n) is 9.69. The predicted octanol–water partition coefficient (Wildman–Crippen LogP) is 3.93. The fraction of sp³-hybridized carbons (Fsp3) is 0.0769. The van der Waals surface area contributed by atoms with Crippen molar-refractivity contribution >= 4 is 6.08 Å². The Labute approximate surface area is 107 Å². The Balaban J connectivity index is 2.12. The van der Waals surface area contributed by atoms with Gasteiger partial charge in [-0.15, -0.1) is 0 Å². The first-order chi connectivity index (χ1) is 8.99. The number of halogens is 3. The number of alkyl halides is 3. The normalized spacial score (nSPS) is 11.1. The topological polar surface area (TPSA) is 35.0 Å². The van der Waals surface area contributed by atoms with E-state index in [9.17, 15) is 13.2 Å². The van der Waals surface area contributed by atoms with Crippen LogP contribution in [-0.4, -0.2) is 9.97 Å². The van der Waals surface area contributed by atoms with Crippen molar-refractivity contribution in [3.8, 4) is 11.5 Å². The number of benzene rings is 1. The maximum absolute atomic E-state index is 12.3. The molecule has 0 N–H and O–H groups in total. The monoisotopic (exact) mass is 266 g/mol. The van der Waals surface area contributed by atoms with Crippen molar-refractivity contribution < 1.29 is 17.9 Å². The highest BCUT2D eigenvalue weighted by molar-refractivity contribution is 5.48. The molecule has 2 rings (SSSR count). The van der Waals surface area contributed by atoms with Crippen LogP contribution in [0.25, 0.3) is 6.08 Å². The van der Waals surface area contributed by atoms with Crippen LogP contribution in [-0.2, 0) is 6.18 Å². The van der Waals surface area contributed by atoms with Crippen LogP contribution in [0.4, 0.5) is 13.2 Å². The molecule has 0 unspecified atom stereocenters. The van der Waals surface area contributed by atoms with Gasteiger partial charge in [0.05, 0.1) is 12.4 Å². The summed E-state index contributed by atoms with van der Waals surface area (Å²) >= 11 is 0. The molecule has 1 heterocycles. The van der Waals surface area contributed by atoms with Crippen molar-refractivity contribution in [2.75, 3.05) is 0 Å². The molecular formula is C13H9F3N2O. The Hall–Kier alpha value is -2.37. The summed E-state index contributed by atoms with van der Waals surface area (Å²) in [5, 5.41) is 0. The highest BCUT2D eigenvalue weighted by Gasteiger charge is 2.34. The molecule has 0 spiro atoms. The fourth-order valence-electron chi connectivity index (χ4n) is 1.32. The maximum Gasteiger partial charge on any atom is 0.451 e. The SMILES string of the molecule is C=Cc1ccc(Oc2cnc(C(F)(F)F)nc2)cc1. The van der Waals surface area contributed by atoms with Crippen molar-refractivity contribution in [2.45, 2.75) is 6.18 Å². The van der Waals surface area contributed by atoms with Crippen LogP contribution >= 0.6 is 0 Å². The quantitative estimate of drug-likeness (QED) is 0.844. The number of nitrogens with zero attached hydrogens (tertiary/aromatic N) is 2. The molecule has 0 saturated carbocycles. The number of aromatic nitrogens is 2. The van der Waals surface area contributed by atoms with Gasteiger partial charge in [-0.05, 0) is 17.7 Å². The van der Waals surface area contributed by atoms with E-state index in [-0.39, 0.29) is 5.75 Å². The van der Waals surface area contributed by atoms with E-state index in [1.165, 1.54) is 0 Å². The molecule has 0 aliphatic rings. The van der Waals surface area contributed by atoms with Crippen LogP contribution in [0.5, 0.6) is 11.5 Å². The van der Waals surface area contributed by atoms with Gasteiger partial charge in [-0.25, -0.2) is 9.97 Å². The molecule has 98 valence electrons. The van der Waals surface area contributed by atoms with E-state index in [1.54, 1.807) is 30.3 Å². The number of ether oxygens (including phenoxy) is 1. The van der Waals surface area contributed by atoms with Crippen LogP contribution in [0.3, 0.4) is 0 Å². The lowest BCUT2D eigenvalue weighted by atomic mass is 10.2. The van der Waals surface area contributed by atoms with Gasteiger partial charge in [0.25, 0.3) is 0 Å². The van der Waals surface area contributed by atoms with Crippen molar-refractivity contribution in [3.05, 3.63) is 54.6 Å². The average molecular weight is 266 g/mol. The molecular weight excluding hydrogens is 257 g/mol. The molecule has 0 saturated heterocycles. The van der Waals surface area contributed by atoms with E-state index in [4.69, 9.17) is 4.74 Å². The van der Waals surface area contributed by atoms with Crippen LogP contribution in [0.2, 0.25) is 0 Å². The Bertz CT molecular complexity index is 562.